The van der Waals surface area contributed by atoms with Crippen LogP contribution in [0.5, 0.6) is 0 Å². The topological polar surface area (TPSA) is 110 Å². The zero-order valence-electron chi connectivity index (χ0n) is 13.1. The second-order valence-electron chi connectivity index (χ2n) is 5.68. The zero-order valence-corrected chi connectivity index (χ0v) is 14.0. The van der Waals surface area contributed by atoms with Crippen LogP contribution < -0.4 is 0 Å². The zero-order chi connectivity index (χ0) is 17.7. The molecule has 0 bridgehead atoms. The highest BCUT2D eigenvalue weighted by molar-refractivity contribution is 7.72. The lowest BCUT2D eigenvalue weighted by Crippen LogP contribution is -2.50. The van der Waals surface area contributed by atoms with Crippen LogP contribution in [0.3, 0.4) is 0 Å². The Kier molecular flexibility index (Phi) is 5.79. The fraction of sp³-hybridized carbons (Fsp3) is 0.467. The predicted molar refractivity (Wildman–Crippen MR) is 84.0 cm³/mol. The number of ether oxygens (including phenoxy) is 2. The average molecular weight is 357 g/mol. The smallest absolute Gasteiger partial charge is 0.411 e. The number of nitrogens with zero attached hydrogens (tertiary/aromatic N) is 1. The molecule has 1 N–H and O–H groups in total. The third-order valence-corrected chi connectivity index (χ3v) is 4.27. The maximum absolute atomic E-state index is 12.3. The Balaban J connectivity index is 2.04. The van der Waals surface area contributed by atoms with Crippen LogP contribution in [0.15, 0.2) is 30.3 Å². The largest absolute Gasteiger partial charge is 0.480 e. The van der Waals surface area contributed by atoms with E-state index in [0.717, 1.165) is 10.5 Å². The van der Waals surface area contributed by atoms with Gasteiger partial charge in [-0.25, -0.2) is 18.0 Å². The van der Waals surface area contributed by atoms with Gasteiger partial charge >= 0.3 is 12.1 Å². The predicted octanol–water partition coefficient (Wildman–Crippen LogP) is 0.826. The Morgan fingerprint density at radius 2 is 2.00 bits per heavy atom. The van der Waals surface area contributed by atoms with Gasteiger partial charge in [0.2, 0.25) is 0 Å². The highest BCUT2D eigenvalue weighted by Crippen LogP contribution is 2.32. The minimum atomic E-state index is -2.73. The van der Waals surface area contributed by atoms with Crippen LogP contribution in [0.1, 0.15) is 18.9 Å². The Hall–Kier alpha value is -2.13. The lowest BCUT2D eigenvalue weighted by molar-refractivity contribution is -0.148. The molecule has 1 aromatic carbocycles. The summed E-state index contributed by atoms with van der Waals surface area (Å²) in [6.45, 7) is 1.36. The van der Waals surface area contributed by atoms with E-state index in [9.17, 15) is 23.1 Å². The molecule has 2 unspecified atom stereocenters. The first-order valence-electron chi connectivity index (χ1n) is 7.28. The summed E-state index contributed by atoms with van der Waals surface area (Å²) in [6, 6.07) is 8.99. The highest BCUT2D eigenvalue weighted by atomic mass is 32.2. The molecule has 24 heavy (non-hydrogen) atoms. The number of carboxylic acid groups (broad SMARTS) is 1. The Labute approximate surface area is 140 Å². The Bertz CT molecular complexity index is 668. The van der Waals surface area contributed by atoms with Crippen molar-refractivity contribution in [1.82, 2.24) is 4.90 Å². The van der Waals surface area contributed by atoms with Crippen molar-refractivity contribution in [3.05, 3.63) is 35.9 Å². The second kappa shape index (κ2) is 7.63. The molecule has 1 heterocycles. The van der Waals surface area contributed by atoms with Crippen LogP contribution in [-0.2, 0) is 31.6 Å². The van der Waals surface area contributed by atoms with Gasteiger partial charge in [0.15, 0.2) is 10.7 Å². The summed E-state index contributed by atoms with van der Waals surface area (Å²) in [7, 11) is -2.73. The summed E-state index contributed by atoms with van der Waals surface area (Å²) in [5.41, 5.74) is -0.731. The number of benzene rings is 1. The first kappa shape index (κ1) is 18.2. The molecule has 1 amide bonds. The minimum absolute atomic E-state index is 0.00799. The van der Waals surface area contributed by atoms with Gasteiger partial charge in [0, 0.05) is 6.42 Å². The number of likely N-dealkylation sites (tertiary alicyclic amines) is 1. The van der Waals surface area contributed by atoms with Crippen LogP contribution in [0.25, 0.3) is 0 Å². The molecule has 132 valence electrons. The van der Waals surface area contributed by atoms with Crippen molar-refractivity contribution in [3.8, 4) is 0 Å². The van der Waals surface area contributed by atoms with Gasteiger partial charge in [-0.3, -0.25) is 4.90 Å². The molecule has 1 aromatic rings. The SMILES string of the molecule is CC1(C(=O)O)CC(OC[SH](=O)=O)CN1C(=O)OCc1ccccc1. The lowest BCUT2D eigenvalue weighted by Gasteiger charge is -2.29. The van der Waals surface area contributed by atoms with Crippen molar-refractivity contribution in [3.63, 3.8) is 0 Å². The molecular weight excluding hydrogens is 338 g/mol. The molecule has 0 saturated carbocycles. The second-order valence-corrected chi connectivity index (χ2v) is 6.61. The Morgan fingerprint density at radius 3 is 2.58 bits per heavy atom. The van der Waals surface area contributed by atoms with Crippen molar-refractivity contribution in [1.29, 1.82) is 0 Å². The molecular formula is C15H19NO7S. The van der Waals surface area contributed by atoms with E-state index in [-0.39, 0.29) is 19.6 Å². The van der Waals surface area contributed by atoms with E-state index in [1.165, 1.54) is 6.92 Å². The minimum Gasteiger partial charge on any atom is -0.480 e. The number of thiol groups is 1. The quantitative estimate of drug-likeness (QED) is 0.726. The summed E-state index contributed by atoms with van der Waals surface area (Å²) in [6.07, 6.45) is -1.46. The number of rotatable bonds is 6. The lowest BCUT2D eigenvalue weighted by atomic mass is 9.99. The van der Waals surface area contributed by atoms with Crippen LogP contribution in [0.4, 0.5) is 4.79 Å². The molecule has 0 spiro atoms. The molecule has 1 saturated heterocycles. The van der Waals surface area contributed by atoms with Crippen LogP contribution >= 0.6 is 0 Å². The van der Waals surface area contributed by atoms with Gasteiger partial charge in [-0.2, -0.15) is 0 Å². The molecule has 0 aromatic heterocycles. The molecule has 2 rings (SSSR count). The van der Waals surface area contributed by atoms with Crippen LogP contribution in [0.2, 0.25) is 0 Å². The number of carbonyl (C=O) groups is 2. The summed E-state index contributed by atoms with van der Waals surface area (Å²) >= 11 is 0. The van der Waals surface area contributed by atoms with Crippen LogP contribution in [-0.4, -0.2) is 54.6 Å². The molecule has 1 aliphatic rings. The van der Waals surface area contributed by atoms with E-state index in [2.05, 4.69) is 0 Å². The first-order valence-corrected chi connectivity index (χ1v) is 8.64. The molecule has 9 heteroatoms. The van der Waals surface area contributed by atoms with Gasteiger partial charge in [0.25, 0.3) is 0 Å². The van der Waals surface area contributed by atoms with Gasteiger partial charge in [0.05, 0.1) is 12.6 Å². The highest BCUT2D eigenvalue weighted by Gasteiger charge is 2.51. The monoisotopic (exact) mass is 357 g/mol. The van der Waals surface area contributed by atoms with E-state index in [4.69, 9.17) is 9.47 Å². The third-order valence-electron chi connectivity index (χ3n) is 3.91. The number of hydrogen-bond donors (Lipinski definition) is 2. The van der Waals surface area contributed by atoms with E-state index in [1.807, 2.05) is 6.07 Å². The maximum Gasteiger partial charge on any atom is 0.411 e. The number of aliphatic carboxylic acids is 1. The van der Waals surface area contributed by atoms with Gasteiger partial charge < -0.3 is 14.6 Å². The van der Waals surface area contributed by atoms with Gasteiger partial charge in [-0.1, -0.05) is 30.3 Å². The molecule has 0 radical (unpaired) electrons. The van der Waals surface area contributed by atoms with Crippen molar-refractivity contribution in [2.45, 2.75) is 31.6 Å². The number of carboxylic acids is 1. The van der Waals surface area contributed by atoms with E-state index in [0.29, 0.717) is 0 Å². The summed E-state index contributed by atoms with van der Waals surface area (Å²) in [5, 5.41) is 9.45. The third kappa shape index (κ3) is 4.24. The normalized spacial score (nSPS) is 23.4. The summed E-state index contributed by atoms with van der Waals surface area (Å²) in [4.78, 5) is 24.9. The molecule has 1 fully saturated rings. The first-order chi connectivity index (χ1) is 11.3. The maximum atomic E-state index is 12.3. The summed E-state index contributed by atoms with van der Waals surface area (Å²) < 4.78 is 31.6. The van der Waals surface area contributed by atoms with Gasteiger partial charge in [-0.15, -0.1) is 0 Å². The van der Waals surface area contributed by atoms with Crippen molar-refractivity contribution < 1.29 is 32.6 Å². The fourth-order valence-electron chi connectivity index (χ4n) is 2.58. The number of carbonyl (C=O) groups excluding carboxylic acids is 1. The van der Waals surface area contributed by atoms with Gasteiger partial charge in [0.1, 0.15) is 18.1 Å². The van der Waals surface area contributed by atoms with Crippen molar-refractivity contribution >= 4 is 22.8 Å². The van der Waals surface area contributed by atoms with Crippen LogP contribution in [0, 0.1) is 0 Å². The number of amides is 1. The number of hydrogen-bond acceptors (Lipinski definition) is 6. The van der Waals surface area contributed by atoms with E-state index in [1.54, 1.807) is 24.3 Å². The van der Waals surface area contributed by atoms with Crippen molar-refractivity contribution in [2.24, 2.45) is 0 Å². The average Bonchev–Trinajstić information content (AvgIpc) is 2.90. The molecule has 1 aliphatic heterocycles. The standard InChI is InChI=1S/C15H19NO7S/c1-15(13(17)18)7-12(23-10-24(20)21)8-16(15)14(19)22-9-11-5-3-2-4-6-11/h2-6,12,24H,7-10H2,1H3,(H,17,18). The van der Waals surface area contributed by atoms with Crippen molar-refractivity contribution in [2.75, 3.05) is 12.5 Å². The fourth-order valence-corrected chi connectivity index (χ4v) is 2.91. The molecule has 2 atom stereocenters. The Morgan fingerprint density at radius 1 is 1.33 bits per heavy atom. The molecule has 8 nitrogen and oxygen atoms in total. The summed E-state index contributed by atoms with van der Waals surface area (Å²) in [5.74, 6) is -1.71. The van der Waals surface area contributed by atoms with E-state index < -0.39 is 40.3 Å². The van der Waals surface area contributed by atoms with Gasteiger partial charge in [-0.05, 0) is 12.5 Å². The molecule has 0 aliphatic carbocycles. The van der Waals surface area contributed by atoms with E-state index >= 15 is 0 Å².